The van der Waals surface area contributed by atoms with Crippen LogP contribution in [0.3, 0.4) is 0 Å². The third-order valence-corrected chi connectivity index (χ3v) is 1.91. The van der Waals surface area contributed by atoms with Crippen LogP contribution in [0.25, 0.3) is 0 Å². The Labute approximate surface area is 96.8 Å². The predicted octanol–water partition coefficient (Wildman–Crippen LogP) is 2.59. The Morgan fingerprint density at radius 1 is 1.24 bits per heavy atom. The van der Waals surface area contributed by atoms with Crippen LogP contribution in [0.15, 0.2) is 24.3 Å². The SMILES string of the molecule is CC(CO)COc1ccccc1OC(F)(F)F. The van der Waals surface area contributed by atoms with Crippen LogP contribution >= 0.6 is 0 Å². The highest BCUT2D eigenvalue weighted by Crippen LogP contribution is 2.31. The van der Waals surface area contributed by atoms with Crippen molar-refractivity contribution in [2.45, 2.75) is 13.3 Å². The quantitative estimate of drug-likeness (QED) is 0.873. The van der Waals surface area contributed by atoms with Gasteiger partial charge in [0.25, 0.3) is 0 Å². The zero-order chi connectivity index (χ0) is 12.9. The molecule has 0 fully saturated rings. The zero-order valence-electron chi connectivity index (χ0n) is 9.20. The van der Waals surface area contributed by atoms with Gasteiger partial charge in [-0.25, -0.2) is 0 Å². The normalized spacial score (nSPS) is 13.2. The molecule has 1 atom stereocenters. The highest BCUT2D eigenvalue weighted by Gasteiger charge is 2.32. The van der Waals surface area contributed by atoms with E-state index in [-0.39, 0.29) is 30.6 Å². The van der Waals surface area contributed by atoms with E-state index in [1.165, 1.54) is 18.2 Å². The van der Waals surface area contributed by atoms with Crippen LogP contribution in [0.1, 0.15) is 6.92 Å². The van der Waals surface area contributed by atoms with E-state index in [1.54, 1.807) is 13.0 Å². The minimum absolute atomic E-state index is 0.00475. The Hall–Kier alpha value is -1.43. The molecule has 1 aromatic carbocycles. The van der Waals surface area contributed by atoms with Crippen LogP contribution < -0.4 is 9.47 Å². The fourth-order valence-corrected chi connectivity index (χ4v) is 1.06. The standard InChI is InChI=1S/C11H13F3O3/c1-8(6-15)7-16-9-4-2-3-5-10(9)17-11(12,13)14/h2-5,8,15H,6-7H2,1H3. The Kier molecular flexibility index (Phi) is 4.62. The van der Waals surface area contributed by atoms with Gasteiger partial charge in [-0.3, -0.25) is 0 Å². The predicted molar refractivity (Wildman–Crippen MR) is 54.9 cm³/mol. The molecule has 1 unspecified atom stereocenters. The summed E-state index contributed by atoms with van der Waals surface area (Å²) < 4.78 is 45.2. The van der Waals surface area contributed by atoms with Crippen LogP contribution in [0.2, 0.25) is 0 Å². The molecule has 96 valence electrons. The highest BCUT2D eigenvalue weighted by atomic mass is 19.4. The van der Waals surface area contributed by atoms with E-state index in [0.717, 1.165) is 0 Å². The smallest absolute Gasteiger partial charge is 0.489 e. The highest BCUT2D eigenvalue weighted by molar-refractivity contribution is 5.39. The minimum Gasteiger partial charge on any atom is -0.489 e. The van der Waals surface area contributed by atoms with Gasteiger partial charge in [-0.2, -0.15) is 0 Å². The molecule has 1 aromatic rings. The Bertz CT molecular complexity index is 352. The molecule has 6 heteroatoms. The second-order valence-corrected chi connectivity index (χ2v) is 3.59. The Morgan fingerprint density at radius 3 is 2.35 bits per heavy atom. The molecule has 0 radical (unpaired) electrons. The molecule has 0 aromatic heterocycles. The Morgan fingerprint density at radius 2 is 1.82 bits per heavy atom. The second kappa shape index (κ2) is 5.77. The summed E-state index contributed by atoms with van der Waals surface area (Å²) in [7, 11) is 0. The van der Waals surface area contributed by atoms with Crippen molar-refractivity contribution < 1.29 is 27.8 Å². The fraction of sp³-hybridized carbons (Fsp3) is 0.455. The molecule has 0 aliphatic rings. The third-order valence-electron chi connectivity index (χ3n) is 1.91. The van der Waals surface area contributed by atoms with Crippen molar-refractivity contribution in [3.05, 3.63) is 24.3 Å². The first kappa shape index (κ1) is 13.6. The largest absolute Gasteiger partial charge is 0.573 e. The second-order valence-electron chi connectivity index (χ2n) is 3.59. The number of aliphatic hydroxyl groups is 1. The first-order chi connectivity index (χ1) is 7.92. The lowest BCUT2D eigenvalue weighted by Gasteiger charge is -2.15. The molecule has 1 rings (SSSR count). The van der Waals surface area contributed by atoms with Crippen LogP contribution in [0, 0.1) is 5.92 Å². The first-order valence-corrected chi connectivity index (χ1v) is 5.01. The van der Waals surface area contributed by atoms with Crippen molar-refractivity contribution in [2.24, 2.45) is 5.92 Å². The van der Waals surface area contributed by atoms with Crippen LogP contribution in [0.4, 0.5) is 13.2 Å². The lowest BCUT2D eigenvalue weighted by Crippen LogP contribution is -2.18. The summed E-state index contributed by atoms with van der Waals surface area (Å²) in [5.74, 6) is -0.538. The number of ether oxygens (including phenoxy) is 2. The van der Waals surface area contributed by atoms with Crippen molar-refractivity contribution in [1.29, 1.82) is 0 Å². The number of hydrogen-bond donors (Lipinski definition) is 1. The van der Waals surface area contributed by atoms with Crippen molar-refractivity contribution in [1.82, 2.24) is 0 Å². The van der Waals surface area contributed by atoms with E-state index >= 15 is 0 Å². The van der Waals surface area contributed by atoms with Crippen molar-refractivity contribution in [3.63, 3.8) is 0 Å². The molecule has 0 spiro atoms. The van der Waals surface area contributed by atoms with Gasteiger partial charge in [-0.05, 0) is 12.1 Å². The summed E-state index contributed by atoms with van der Waals surface area (Å²) in [4.78, 5) is 0. The number of hydrogen-bond acceptors (Lipinski definition) is 3. The monoisotopic (exact) mass is 250 g/mol. The molecule has 0 aliphatic carbocycles. The molecule has 0 heterocycles. The number of alkyl halides is 3. The average Bonchev–Trinajstić information content (AvgIpc) is 2.25. The van der Waals surface area contributed by atoms with E-state index in [4.69, 9.17) is 9.84 Å². The third kappa shape index (κ3) is 4.95. The summed E-state index contributed by atoms with van der Waals surface area (Å²) in [6.07, 6.45) is -4.75. The molecule has 3 nitrogen and oxygen atoms in total. The summed E-state index contributed by atoms with van der Waals surface area (Å²) in [6.45, 7) is 1.74. The van der Waals surface area contributed by atoms with Gasteiger partial charge in [-0.15, -0.1) is 13.2 Å². The maximum absolute atomic E-state index is 12.1. The van der Waals surface area contributed by atoms with E-state index in [9.17, 15) is 13.2 Å². The van der Waals surface area contributed by atoms with Crippen molar-refractivity contribution >= 4 is 0 Å². The van der Waals surface area contributed by atoms with Gasteiger partial charge in [0.2, 0.25) is 0 Å². The summed E-state index contributed by atoms with van der Waals surface area (Å²) in [6, 6.07) is 5.52. The number of para-hydroxylation sites is 2. The van der Waals surface area contributed by atoms with Gasteiger partial charge >= 0.3 is 6.36 Å². The maximum atomic E-state index is 12.1. The number of aliphatic hydroxyl groups excluding tert-OH is 1. The topological polar surface area (TPSA) is 38.7 Å². The molecule has 0 bridgehead atoms. The molecular weight excluding hydrogens is 237 g/mol. The number of benzene rings is 1. The van der Waals surface area contributed by atoms with Crippen molar-refractivity contribution in [3.8, 4) is 11.5 Å². The van der Waals surface area contributed by atoms with E-state index in [1.807, 2.05) is 0 Å². The minimum atomic E-state index is -4.75. The summed E-state index contributed by atoms with van der Waals surface area (Å²) >= 11 is 0. The zero-order valence-corrected chi connectivity index (χ0v) is 9.20. The molecule has 17 heavy (non-hydrogen) atoms. The lowest BCUT2D eigenvalue weighted by atomic mass is 10.2. The molecule has 0 aliphatic heterocycles. The van der Waals surface area contributed by atoms with Gasteiger partial charge in [0.05, 0.1) is 6.61 Å². The summed E-state index contributed by atoms with van der Waals surface area (Å²) in [5.41, 5.74) is 0. The van der Waals surface area contributed by atoms with Gasteiger partial charge in [0.1, 0.15) is 0 Å². The van der Waals surface area contributed by atoms with Gasteiger partial charge in [0, 0.05) is 12.5 Å². The molecule has 0 amide bonds. The summed E-state index contributed by atoms with van der Waals surface area (Å²) in [5, 5.41) is 8.78. The van der Waals surface area contributed by atoms with Crippen LogP contribution in [-0.2, 0) is 0 Å². The average molecular weight is 250 g/mol. The van der Waals surface area contributed by atoms with Crippen LogP contribution in [-0.4, -0.2) is 24.7 Å². The van der Waals surface area contributed by atoms with E-state index in [0.29, 0.717) is 0 Å². The lowest BCUT2D eigenvalue weighted by molar-refractivity contribution is -0.275. The van der Waals surface area contributed by atoms with Crippen molar-refractivity contribution in [2.75, 3.05) is 13.2 Å². The van der Waals surface area contributed by atoms with E-state index in [2.05, 4.69) is 4.74 Å². The molecule has 1 N–H and O–H groups in total. The van der Waals surface area contributed by atoms with E-state index < -0.39 is 6.36 Å². The van der Waals surface area contributed by atoms with Gasteiger partial charge < -0.3 is 14.6 Å². The Balaban J connectivity index is 2.71. The van der Waals surface area contributed by atoms with Gasteiger partial charge in [-0.1, -0.05) is 19.1 Å². The number of rotatable bonds is 5. The van der Waals surface area contributed by atoms with Crippen LogP contribution in [0.5, 0.6) is 11.5 Å². The number of halogens is 3. The molecule has 0 saturated heterocycles. The first-order valence-electron chi connectivity index (χ1n) is 5.01. The molecule has 0 saturated carbocycles. The fourth-order valence-electron chi connectivity index (χ4n) is 1.06. The van der Waals surface area contributed by atoms with Gasteiger partial charge in [0.15, 0.2) is 11.5 Å². The maximum Gasteiger partial charge on any atom is 0.573 e. The molecular formula is C11H13F3O3.